The van der Waals surface area contributed by atoms with E-state index in [0.29, 0.717) is 6.61 Å². The minimum atomic E-state index is -0.0174. The number of amides is 1. The number of carbonyl (C=O) groups excluding carboxylic acids is 1. The van der Waals surface area contributed by atoms with Gasteiger partial charge >= 0.3 is 0 Å². The number of benzene rings is 1. The van der Waals surface area contributed by atoms with E-state index in [2.05, 4.69) is 5.32 Å². The summed E-state index contributed by atoms with van der Waals surface area (Å²) in [5, 5.41) is 3.02. The van der Waals surface area contributed by atoms with E-state index >= 15 is 0 Å². The fourth-order valence-electron chi connectivity index (χ4n) is 2.20. The van der Waals surface area contributed by atoms with Crippen LogP contribution in [0.3, 0.4) is 0 Å². The smallest absolute Gasteiger partial charge is 0.226 e. The van der Waals surface area contributed by atoms with E-state index in [1.807, 2.05) is 38.1 Å². The highest BCUT2D eigenvalue weighted by Crippen LogP contribution is 2.21. The molecule has 1 aromatic rings. The van der Waals surface area contributed by atoms with Gasteiger partial charge in [0.1, 0.15) is 0 Å². The zero-order chi connectivity index (χ0) is 13.1. The van der Waals surface area contributed by atoms with Crippen molar-refractivity contribution in [3.05, 3.63) is 29.8 Å². The Morgan fingerprint density at radius 2 is 2.11 bits per heavy atom. The monoisotopic (exact) mass is 248 g/mol. The average Bonchev–Trinajstić information content (AvgIpc) is 2.76. The molecule has 98 valence electrons. The van der Waals surface area contributed by atoms with Crippen molar-refractivity contribution in [3.63, 3.8) is 0 Å². The van der Waals surface area contributed by atoms with E-state index < -0.39 is 0 Å². The average molecular weight is 248 g/mol. The first-order valence-corrected chi connectivity index (χ1v) is 6.33. The first-order valence-electron chi connectivity index (χ1n) is 6.33. The van der Waals surface area contributed by atoms with Crippen molar-refractivity contribution in [2.45, 2.75) is 32.4 Å². The molecule has 1 fully saturated rings. The molecule has 18 heavy (non-hydrogen) atoms. The van der Waals surface area contributed by atoms with Crippen molar-refractivity contribution in [2.24, 2.45) is 5.92 Å². The largest absolute Gasteiger partial charge is 0.399 e. The van der Waals surface area contributed by atoms with E-state index in [1.54, 1.807) is 0 Å². The summed E-state index contributed by atoms with van der Waals surface area (Å²) in [7, 11) is 0. The molecule has 0 radical (unpaired) electrons. The van der Waals surface area contributed by atoms with Crippen LogP contribution in [0.1, 0.15) is 31.9 Å². The molecule has 3 unspecified atom stereocenters. The molecule has 3 atom stereocenters. The molecule has 0 aliphatic carbocycles. The summed E-state index contributed by atoms with van der Waals surface area (Å²) in [6.45, 7) is 4.50. The van der Waals surface area contributed by atoms with Gasteiger partial charge in [-0.1, -0.05) is 12.1 Å². The summed E-state index contributed by atoms with van der Waals surface area (Å²) in [5.74, 6) is 0.0555. The maximum Gasteiger partial charge on any atom is 0.226 e. The molecule has 2 rings (SSSR count). The van der Waals surface area contributed by atoms with Gasteiger partial charge in [0, 0.05) is 5.69 Å². The van der Waals surface area contributed by atoms with E-state index in [4.69, 9.17) is 10.5 Å². The van der Waals surface area contributed by atoms with E-state index in [0.717, 1.165) is 17.7 Å². The Bertz CT molecular complexity index is 416. The number of carbonyl (C=O) groups is 1. The van der Waals surface area contributed by atoms with E-state index in [-0.39, 0.29) is 24.0 Å². The Hall–Kier alpha value is -1.55. The van der Waals surface area contributed by atoms with Gasteiger partial charge in [-0.25, -0.2) is 0 Å². The van der Waals surface area contributed by atoms with Crippen LogP contribution in [0, 0.1) is 5.92 Å². The number of rotatable bonds is 3. The minimum Gasteiger partial charge on any atom is -0.399 e. The highest BCUT2D eigenvalue weighted by atomic mass is 16.5. The van der Waals surface area contributed by atoms with Crippen molar-refractivity contribution in [1.29, 1.82) is 0 Å². The van der Waals surface area contributed by atoms with Crippen LogP contribution in [0.25, 0.3) is 0 Å². The standard InChI is InChI=1S/C14H20N2O2/c1-9-7-12(8-18-9)14(17)16-10(2)11-3-5-13(15)6-4-11/h3-6,9-10,12H,7-8,15H2,1-2H3,(H,16,17). The lowest BCUT2D eigenvalue weighted by atomic mass is 10.0. The van der Waals surface area contributed by atoms with Crippen LogP contribution in [-0.2, 0) is 9.53 Å². The molecular formula is C14H20N2O2. The molecule has 3 N–H and O–H groups in total. The zero-order valence-corrected chi connectivity index (χ0v) is 10.8. The number of ether oxygens (including phenoxy) is 1. The van der Waals surface area contributed by atoms with Crippen LogP contribution in [-0.4, -0.2) is 18.6 Å². The second-order valence-electron chi connectivity index (χ2n) is 4.97. The van der Waals surface area contributed by atoms with E-state index in [9.17, 15) is 4.79 Å². The Morgan fingerprint density at radius 1 is 1.44 bits per heavy atom. The highest BCUT2D eigenvalue weighted by Gasteiger charge is 2.28. The predicted molar refractivity (Wildman–Crippen MR) is 70.9 cm³/mol. The lowest BCUT2D eigenvalue weighted by molar-refractivity contribution is -0.125. The number of nitrogens with two attached hydrogens (primary N) is 1. The van der Waals surface area contributed by atoms with Crippen LogP contribution in [0.5, 0.6) is 0 Å². The number of hydrogen-bond acceptors (Lipinski definition) is 3. The number of nitrogens with one attached hydrogen (secondary N) is 1. The maximum absolute atomic E-state index is 12.0. The van der Waals surface area contributed by atoms with Crippen LogP contribution < -0.4 is 11.1 Å². The third-order valence-electron chi connectivity index (χ3n) is 3.36. The van der Waals surface area contributed by atoms with Gasteiger partial charge < -0.3 is 15.8 Å². The van der Waals surface area contributed by atoms with E-state index in [1.165, 1.54) is 0 Å². The summed E-state index contributed by atoms with van der Waals surface area (Å²) in [6.07, 6.45) is 0.993. The second kappa shape index (κ2) is 5.40. The maximum atomic E-state index is 12.0. The summed E-state index contributed by atoms with van der Waals surface area (Å²) >= 11 is 0. The fraction of sp³-hybridized carbons (Fsp3) is 0.500. The zero-order valence-electron chi connectivity index (χ0n) is 10.8. The van der Waals surface area contributed by atoms with Crippen LogP contribution >= 0.6 is 0 Å². The Labute approximate surface area is 108 Å². The molecular weight excluding hydrogens is 228 g/mol. The Balaban J connectivity index is 1.92. The van der Waals surface area contributed by atoms with Gasteiger partial charge in [-0.05, 0) is 38.0 Å². The number of anilines is 1. The third kappa shape index (κ3) is 3.01. The van der Waals surface area contributed by atoms with Crippen molar-refractivity contribution in [3.8, 4) is 0 Å². The molecule has 1 aromatic carbocycles. The molecule has 1 amide bonds. The van der Waals surface area contributed by atoms with Crippen molar-refractivity contribution in [2.75, 3.05) is 12.3 Å². The molecule has 1 heterocycles. The Morgan fingerprint density at radius 3 is 2.67 bits per heavy atom. The van der Waals surface area contributed by atoms with Gasteiger partial charge in [-0.2, -0.15) is 0 Å². The molecule has 0 saturated carbocycles. The lowest BCUT2D eigenvalue weighted by Gasteiger charge is -2.17. The molecule has 1 saturated heterocycles. The number of hydrogen-bond donors (Lipinski definition) is 2. The molecule has 4 nitrogen and oxygen atoms in total. The quantitative estimate of drug-likeness (QED) is 0.803. The van der Waals surface area contributed by atoms with Crippen LogP contribution in [0.4, 0.5) is 5.69 Å². The Kier molecular flexibility index (Phi) is 3.87. The van der Waals surface area contributed by atoms with Gasteiger partial charge in [0.25, 0.3) is 0 Å². The first-order chi connectivity index (χ1) is 8.56. The molecule has 0 aromatic heterocycles. The number of nitrogen functional groups attached to an aromatic ring is 1. The summed E-state index contributed by atoms with van der Waals surface area (Å²) in [6, 6.07) is 7.56. The molecule has 4 heteroatoms. The van der Waals surface area contributed by atoms with Gasteiger partial charge in [0.2, 0.25) is 5.91 Å². The first kappa shape index (κ1) is 12.9. The van der Waals surface area contributed by atoms with Gasteiger partial charge in [-0.3, -0.25) is 4.79 Å². The summed E-state index contributed by atoms with van der Waals surface area (Å²) in [5.41, 5.74) is 7.43. The summed E-state index contributed by atoms with van der Waals surface area (Å²) in [4.78, 5) is 12.0. The minimum absolute atomic E-state index is 0.00555. The van der Waals surface area contributed by atoms with Crippen LogP contribution in [0.2, 0.25) is 0 Å². The molecule has 0 bridgehead atoms. The topological polar surface area (TPSA) is 64.4 Å². The van der Waals surface area contributed by atoms with Crippen molar-refractivity contribution < 1.29 is 9.53 Å². The van der Waals surface area contributed by atoms with Crippen molar-refractivity contribution >= 4 is 11.6 Å². The fourth-order valence-corrected chi connectivity index (χ4v) is 2.20. The predicted octanol–water partition coefficient (Wildman–Crippen LogP) is 1.87. The summed E-state index contributed by atoms with van der Waals surface area (Å²) < 4.78 is 5.41. The normalized spacial score (nSPS) is 24.8. The SMILES string of the molecule is CC1CC(C(=O)NC(C)c2ccc(N)cc2)CO1. The second-order valence-corrected chi connectivity index (χ2v) is 4.97. The van der Waals surface area contributed by atoms with Gasteiger partial charge in [0.15, 0.2) is 0 Å². The van der Waals surface area contributed by atoms with Gasteiger partial charge in [-0.15, -0.1) is 0 Å². The third-order valence-corrected chi connectivity index (χ3v) is 3.36. The molecule has 1 aliphatic heterocycles. The van der Waals surface area contributed by atoms with Gasteiger partial charge in [0.05, 0.1) is 24.7 Å². The van der Waals surface area contributed by atoms with Crippen LogP contribution in [0.15, 0.2) is 24.3 Å². The lowest BCUT2D eigenvalue weighted by Crippen LogP contribution is -2.33. The molecule has 0 spiro atoms. The highest BCUT2D eigenvalue weighted by molar-refractivity contribution is 5.79. The molecule has 1 aliphatic rings. The van der Waals surface area contributed by atoms with Crippen molar-refractivity contribution in [1.82, 2.24) is 5.32 Å².